The van der Waals surface area contributed by atoms with Gasteiger partial charge in [0.2, 0.25) is 0 Å². The second-order valence-electron chi connectivity index (χ2n) is 6.15. The van der Waals surface area contributed by atoms with Gasteiger partial charge in [-0.2, -0.15) is 10.4 Å². The minimum Gasteiger partial charge on any atom is -0.478 e. The zero-order valence-electron chi connectivity index (χ0n) is 15.2. The molecule has 0 radical (unpaired) electrons. The second-order valence-corrected chi connectivity index (χ2v) is 7.06. The molecular weight excluding hydrogens is 422 g/mol. The van der Waals surface area contributed by atoms with E-state index in [9.17, 15) is 4.79 Å². The van der Waals surface area contributed by atoms with Crippen molar-refractivity contribution in [3.05, 3.63) is 82.1 Å². The van der Waals surface area contributed by atoms with Crippen LogP contribution in [0.25, 0.3) is 0 Å². The lowest BCUT2D eigenvalue weighted by Crippen LogP contribution is -2.26. The number of halogens is 1. The lowest BCUT2D eigenvalue weighted by molar-refractivity contribution is -0.152. The van der Waals surface area contributed by atoms with Gasteiger partial charge in [-0.05, 0) is 36.8 Å². The Morgan fingerprint density at radius 1 is 1.21 bits per heavy atom. The molecule has 0 amide bonds. The lowest BCUT2D eigenvalue weighted by atomic mass is 10.2. The van der Waals surface area contributed by atoms with Crippen molar-refractivity contribution < 1.29 is 14.3 Å². The average Bonchev–Trinajstić information content (AvgIpc) is 3.15. The van der Waals surface area contributed by atoms with Crippen LogP contribution in [0.4, 0.5) is 0 Å². The van der Waals surface area contributed by atoms with Gasteiger partial charge < -0.3 is 9.47 Å². The van der Waals surface area contributed by atoms with E-state index >= 15 is 0 Å². The van der Waals surface area contributed by atoms with Gasteiger partial charge in [0.15, 0.2) is 6.10 Å². The molecular formula is C21H18BrN3O3. The van der Waals surface area contributed by atoms with E-state index in [-0.39, 0.29) is 6.61 Å². The minimum atomic E-state index is -0.827. The fourth-order valence-corrected chi connectivity index (χ4v) is 2.78. The molecule has 6 nitrogen and oxygen atoms in total. The molecule has 0 aliphatic carbocycles. The largest absolute Gasteiger partial charge is 0.478 e. The third-order valence-electron chi connectivity index (χ3n) is 3.97. The van der Waals surface area contributed by atoms with E-state index in [1.54, 1.807) is 42.1 Å². The van der Waals surface area contributed by atoms with Crippen molar-refractivity contribution in [3.8, 4) is 11.8 Å². The topological polar surface area (TPSA) is 77.1 Å². The van der Waals surface area contributed by atoms with Gasteiger partial charge in [-0.3, -0.25) is 4.68 Å². The van der Waals surface area contributed by atoms with Crippen LogP contribution in [-0.4, -0.2) is 21.9 Å². The first-order chi connectivity index (χ1) is 13.5. The molecule has 28 heavy (non-hydrogen) atoms. The van der Waals surface area contributed by atoms with Gasteiger partial charge in [-0.25, -0.2) is 4.79 Å². The first-order valence-corrected chi connectivity index (χ1v) is 9.42. The maximum absolute atomic E-state index is 12.2. The number of hydrogen-bond donors (Lipinski definition) is 0. The summed E-state index contributed by atoms with van der Waals surface area (Å²) in [7, 11) is 0. The number of ether oxygens (including phenoxy) is 2. The maximum Gasteiger partial charge on any atom is 0.347 e. The van der Waals surface area contributed by atoms with Crippen molar-refractivity contribution in [2.45, 2.75) is 26.2 Å². The van der Waals surface area contributed by atoms with Crippen LogP contribution >= 0.6 is 15.9 Å². The predicted octanol–water partition coefficient (Wildman–Crippen LogP) is 4.08. The number of carbonyl (C=O) groups is 1. The van der Waals surface area contributed by atoms with Crippen molar-refractivity contribution >= 4 is 21.9 Å². The van der Waals surface area contributed by atoms with Crippen molar-refractivity contribution in [2.75, 3.05) is 0 Å². The van der Waals surface area contributed by atoms with Gasteiger partial charge in [0.25, 0.3) is 0 Å². The van der Waals surface area contributed by atoms with Crippen molar-refractivity contribution in [1.82, 2.24) is 9.78 Å². The number of carbonyl (C=O) groups excluding carboxylic acids is 1. The molecule has 0 N–H and O–H groups in total. The summed E-state index contributed by atoms with van der Waals surface area (Å²) in [6.07, 6.45) is 2.68. The van der Waals surface area contributed by atoms with Gasteiger partial charge >= 0.3 is 5.97 Å². The standard InChI is InChI=1S/C21H18BrN3O3/c1-15(28-20-5-3-2-4-18(20)10-23)21(26)27-14-17-11-24-25(13-17)12-16-6-8-19(22)9-7-16/h2-9,11,13,15H,12,14H2,1H3. The Balaban J connectivity index is 1.52. The zero-order chi connectivity index (χ0) is 19.9. The molecule has 0 saturated carbocycles. The molecule has 2 aromatic carbocycles. The summed E-state index contributed by atoms with van der Waals surface area (Å²) in [5.74, 6) is -0.148. The minimum absolute atomic E-state index is 0.104. The average molecular weight is 440 g/mol. The summed E-state index contributed by atoms with van der Waals surface area (Å²) < 4.78 is 13.7. The van der Waals surface area contributed by atoms with E-state index in [4.69, 9.17) is 14.7 Å². The highest BCUT2D eigenvalue weighted by Crippen LogP contribution is 2.18. The van der Waals surface area contributed by atoms with Gasteiger partial charge in [0, 0.05) is 16.2 Å². The predicted molar refractivity (Wildman–Crippen MR) is 107 cm³/mol. The Kier molecular flexibility index (Phi) is 6.45. The molecule has 1 atom stereocenters. The quantitative estimate of drug-likeness (QED) is 0.518. The van der Waals surface area contributed by atoms with Crippen LogP contribution in [0.3, 0.4) is 0 Å². The number of hydrogen-bond acceptors (Lipinski definition) is 5. The van der Waals surface area contributed by atoms with Crippen LogP contribution in [0.15, 0.2) is 65.4 Å². The highest BCUT2D eigenvalue weighted by molar-refractivity contribution is 9.10. The van der Waals surface area contributed by atoms with Crippen LogP contribution in [0, 0.1) is 11.3 Å². The summed E-state index contributed by atoms with van der Waals surface area (Å²) in [5, 5.41) is 13.4. The molecule has 3 rings (SSSR count). The monoisotopic (exact) mass is 439 g/mol. The Bertz CT molecular complexity index is 993. The first-order valence-electron chi connectivity index (χ1n) is 8.63. The highest BCUT2D eigenvalue weighted by Gasteiger charge is 2.18. The fourth-order valence-electron chi connectivity index (χ4n) is 2.52. The maximum atomic E-state index is 12.2. The summed E-state index contributed by atoms with van der Waals surface area (Å²) in [4.78, 5) is 12.2. The van der Waals surface area contributed by atoms with E-state index in [1.807, 2.05) is 36.5 Å². The third-order valence-corrected chi connectivity index (χ3v) is 4.50. The number of para-hydroxylation sites is 1. The molecule has 142 valence electrons. The van der Waals surface area contributed by atoms with Crippen LogP contribution in [0.2, 0.25) is 0 Å². The molecule has 1 aromatic heterocycles. The molecule has 1 unspecified atom stereocenters. The molecule has 0 aliphatic rings. The summed E-state index contributed by atoms with van der Waals surface area (Å²) in [6, 6.07) is 16.8. The molecule has 0 bridgehead atoms. The van der Waals surface area contributed by atoms with E-state index in [1.165, 1.54) is 0 Å². The highest BCUT2D eigenvalue weighted by atomic mass is 79.9. The molecule has 3 aromatic rings. The third kappa shape index (κ3) is 5.21. The molecule has 0 spiro atoms. The van der Waals surface area contributed by atoms with Crippen molar-refractivity contribution in [1.29, 1.82) is 5.26 Å². The van der Waals surface area contributed by atoms with Crippen LogP contribution in [0.5, 0.6) is 5.75 Å². The molecule has 7 heteroatoms. The lowest BCUT2D eigenvalue weighted by Gasteiger charge is -2.14. The van der Waals surface area contributed by atoms with E-state index < -0.39 is 12.1 Å². The van der Waals surface area contributed by atoms with Gasteiger partial charge in [-0.1, -0.05) is 40.2 Å². The molecule has 1 heterocycles. The number of aromatic nitrogens is 2. The first kappa shape index (κ1) is 19.6. The normalized spacial score (nSPS) is 11.5. The van der Waals surface area contributed by atoms with Crippen LogP contribution in [-0.2, 0) is 22.7 Å². The summed E-state index contributed by atoms with van der Waals surface area (Å²) >= 11 is 3.41. The Labute approximate surface area is 171 Å². The van der Waals surface area contributed by atoms with Gasteiger partial charge in [0.1, 0.15) is 18.4 Å². The van der Waals surface area contributed by atoms with Crippen molar-refractivity contribution in [2.24, 2.45) is 0 Å². The number of rotatable bonds is 7. The Morgan fingerprint density at radius 2 is 1.96 bits per heavy atom. The SMILES string of the molecule is CC(Oc1ccccc1C#N)C(=O)OCc1cnn(Cc2ccc(Br)cc2)c1. The summed E-state index contributed by atoms with van der Waals surface area (Å²) in [6.45, 7) is 2.33. The van der Waals surface area contributed by atoms with Gasteiger partial charge in [0.05, 0.1) is 18.3 Å². The van der Waals surface area contributed by atoms with Gasteiger partial charge in [-0.15, -0.1) is 0 Å². The Morgan fingerprint density at radius 3 is 2.71 bits per heavy atom. The van der Waals surface area contributed by atoms with E-state index in [2.05, 4.69) is 21.0 Å². The second kappa shape index (κ2) is 9.20. The number of nitriles is 1. The smallest absolute Gasteiger partial charge is 0.347 e. The number of esters is 1. The molecule has 0 saturated heterocycles. The van der Waals surface area contributed by atoms with Crippen LogP contribution in [0.1, 0.15) is 23.6 Å². The number of nitrogens with zero attached hydrogens (tertiary/aromatic N) is 3. The zero-order valence-corrected chi connectivity index (χ0v) is 16.8. The van der Waals surface area contributed by atoms with E-state index in [0.29, 0.717) is 17.9 Å². The van der Waals surface area contributed by atoms with E-state index in [0.717, 1.165) is 15.6 Å². The van der Waals surface area contributed by atoms with Crippen molar-refractivity contribution in [3.63, 3.8) is 0 Å². The fraction of sp³-hybridized carbons (Fsp3) is 0.190. The molecule has 0 fully saturated rings. The molecule has 0 aliphatic heterocycles. The number of benzene rings is 2. The summed E-state index contributed by atoms with van der Waals surface area (Å²) in [5.41, 5.74) is 2.28. The Hall–Kier alpha value is -3.11. The van der Waals surface area contributed by atoms with Crippen LogP contribution < -0.4 is 4.74 Å².